The largest absolute Gasteiger partial charge is 0.480 e. The van der Waals surface area contributed by atoms with Gasteiger partial charge in [-0.2, -0.15) is 0 Å². The van der Waals surface area contributed by atoms with Crippen molar-refractivity contribution in [1.29, 1.82) is 0 Å². The second-order valence-corrected chi connectivity index (χ2v) is 4.26. The fourth-order valence-corrected chi connectivity index (χ4v) is 1.85. The molecule has 0 radical (unpaired) electrons. The molecule has 94 valence electrons. The standard InChI is InChI=1S/C10H20N2O4/c1-2-16-6-8(13)5-12-4-3-10(11,7-12)9(14)15/h8,13H,2-7,11H2,1H3,(H,14,15). The van der Waals surface area contributed by atoms with Gasteiger partial charge in [0.25, 0.3) is 0 Å². The summed E-state index contributed by atoms with van der Waals surface area (Å²) in [5.74, 6) is -0.978. The van der Waals surface area contributed by atoms with Gasteiger partial charge >= 0.3 is 5.97 Å². The molecule has 0 aromatic heterocycles. The number of hydrogen-bond donors (Lipinski definition) is 3. The fourth-order valence-electron chi connectivity index (χ4n) is 1.85. The first kappa shape index (κ1) is 13.4. The van der Waals surface area contributed by atoms with Gasteiger partial charge in [-0.05, 0) is 13.3 Å². The monoisotopic (exact) mass is 232 g/mol. The van der Waals surface area contributed by atoms with Crippen molar-refractivity contribution in [3.63, 3.8) is 0 Å². The van der Waals surface area contributed by atoms with E-state index >= 15 is 0 Å². The summed E-state index contributed by atoms with van der Waals surface area (Å²) in [6.07, 6.45) is -0.167. The summed E-state index contributed by atoms with van der Waals surface area (Å²) >= 11 is 0. The van der Waals surface area contributed by atoms with E-state index in [4.69, 9.17) is 15.6 Å². The lowest BCUT2D eigenvalue weighted by Gasteiger charge is -2.22. The molecule has 0 spiro atoms. The molecule has 0 aliphatic carbocycles. The third kappa shape index (κ3) is 3.41. The van der Waals surface area contributed by atoms with Gasteiger partial charge in [-0.3, -0.25) is 9.69 Å². The van der Waals surface area contributed by atoms with E-state index in [1.54, 1.807) is 0 Å². The summed E-state index contributed by atoms with van der Waals surface area (Å²) in [6, 6.07) is 0. The molecule has 6 heteroatoms. The van der Waals surface area contributed by atoms with Crippen LogP contribution in [0.15, 0.2) is 0 Å². The molecule has 1 heterocycles. The number of aliphatic hydroxyl groups is 1. The van der Waals surface area contributed by atoms with Gasteiger partial charge in [0, 0.05) is 26.2 Å². The van der Waals surface area contributed by atoms with Gasteiger partial charge in [0.1, 0.15) is 5.54 Å². The molecule has 1 aliphatic rings. The Hall–Kier alpha value is -0.690. The molecule has 2 unspecified atom stereocenters. The number of rotatable bonds is 6. The average Bonchev–Trinajstić information content (AvgIpc) is 2.58. The topological polar surface area (TPSA) is 96.0 Å². The maximum Gasteiger partial charge on any atom is 0.325 e. The Kier molecular flexibility index (Phi) is 4.67. The Labute approximate surface area is 95.0 Å². The lowest BCUT2D eigenvalue weighted by Crippen LogP contribution is -2.50. The maximum atomic E-state index is 10.9. The first-order valence-corrected chi connectivity index (χ1v) is 5.48. The van der Waals surface area contributed by atoms with Crippen LogP contribution in [0.3, 0.4) is 0 Å². The van der Waals surface area contributed by atoms with Crippen LogP contribution in [0.2, 0.25) is 0 Å². The lowest BCUT2D eigenvalue weighted by molar-refractivity contribution is -0.142. The zero-order valence-corrected chi connectivity index (χ0v) is 9.56. The van der Waals surface area contributed by atoms with Gasteiger partial charge in [0.05, 0.1) is 12.7 Å². The molecule has 16 heavy (non-hydrogen) atoms. The number of aliphatic carboxylic acids is 1. The van der Waals surface area contributed by atoms with E-state index in [2.05, 4.69) is 0 Å². The molecule has 1 rings (SSSR count). The third-order valence-corrected chi connectivity index (χ3v) is 2.79. The molecule has 0 aromatic carbocycles. The van der Waals surface area contributed by atoms with Gasteiger partial charge in [-0.15, -0.1) is 0 Å². The highest BCUT2D eigenvalue weighted by Crippen LogP contribution is 2.18. The Morgan fingerprint density at radius 3 is 2.88 bits per heavy atom. The van der Waals surface area contributed by atoms with Gasteiger partial charge in [0.15, 0.2) is 0 Å². The quantitative estimate of drug-likeness (QED) is 0.536. The maximum absolute atomic E-state index is 10.9. The van der Waals surface area contributed by atoms with Gasteiger partial charge in [-0.1, -0.05) is 0 Å². The van der Waals surface area contributed by atoms with E-state index in [0.29, 0.717) is 26.1 Å². The van der Waals surface area contributed by atoms with Crippen molar-refractivity contribution in [1.82, 2.24) is 4.90 Å². The van der Waals surface area contributed by atoms with E-state index in [-0.39, 0.29) is 13.2 Å². The number of nitrogens with two attached hydrogens (primary N) is 1. The van der Waals surface area contributed by atoms with Crippen LogP contribution in [0.1, 0.15) is 13.3 Å². The van der Waals surface area contributed by atoms with Gasteiger partial charge in [0.2, 0.25) is 0 Å². The number of hydrogen-bond acceptors (Lipinski definition) is 5. The molecule has 0 saturated carbocycles. The minimum atomic E-state index is -1.16. The summed E-state index contributed by atoms with van der Waals surface area (Å²) in [5, 5.41) is 18.5. The molecule has 6 nitrogen and oxygen atoms in total. The molecule has 0 bridgehead atoms. The van der Waals surface area contributed by atoms with Crippen LogP contribution in [-0.4, -0.2) is 65.6 Å². The van der Waals surface area contributed by atoms with Gasteiger partial charge < -0.3 is 20.7 Å². The summed E-state index contributed by atoms with van der Waals surface area (Å²) < 4.78 is 5.08. The first-order chi connectivity index (χ1) is 7.48. The second kappa shape index (κ2) is 5.58. The van der Waals surface area contributed by atoms with Crippen LogP contribution in [0.5, 0.6) is 0 Å². The highest BCUT2D eigenvalue weighted by molar-refractivity contribution is 5.79. The SMILES string of the molecule is CCOCC(O)CN1CCC(N)(C(=O)O)C1. The second-order valence-electron chi connectivity index (χ2n) is 4.26. The Morgan fingerprint density at radius 1 is 1.69 bits per heavy atom. The van der Waals surface area contributed by atoms with Crippen molar-refractivity contribution in [2.75, 3.05) is 32.8 Å². The molecule has 2 atom stereocenters. The van der Waals surface area contributed by atoms with Gasteiger partial charge in [-0.25, -0.2) is 0 Å². The zero-order valence-electron chi connectivity index (χ0n) is 9.56. The van der Waals surface area contributed by atoms with Crippen LogP contribution in [0.25, 0.3) is 0 Å². The van der Waals surface area contributed by atoms with Crippen molar-refractivity contribution in [2.24, 2.45) is 5.73 Å². The predicted molar refractivity (Wildman–Crippen MR) is 58.1 cm³/mol. The molecule has 1 aliphatic heterocycles. The highest BCUT2D eigenvalue weighted by Gasteiger charge is 2.41. The molecular formula is C10H20N2O4. The Bertz CT molecular complexity index is 249. The molecule has 0 aromatic rings. The fraction of sp³-hybridized carbons (Fsp3) is 0.900. The highest BCUT2D eigenvalue weighted by atomic mass is 16.5. The number of β-amino-alcohol motifs (C(OH)–C–C–N with tert-alkyl or cyclic N) is 1. The van der Waals surface area contributed by atoms with Crippen LogP contribution in [0, 0.1) is 0 Å². The van der Waals surface area contributed by atoms with E-state index in [1.165, 1.54) is 0 Å². The third-order valence-electron chi connectivity index (χ3n) is 2.79. The van der Waals surface area contributed by atoms with Crippen LogP contribution in [0.4, 0.5) is 0 Å². The molecular weight excluding hydrogens is 212 g/mol. The number of carboxylic acid groups (broad SMARTS) is 1. The van der Waals surface area contributed by atoms with E-state index in [1.807, 2.05) is 11.8 Å². The Morgan fingerprint density at radius 2 is 2.38 bits per heavy atom. The molecule has 4 N–H and O–H groups in total. The zero-order chi connectivity index (χ0) is 12.2. The predicted octanol–water partition coefficient (Wildman–Crippen LogP) is -1.13. The van der Waals surface area contributed by atoms with E-state index in [9.17, 15) is 9.90 Å². The van der Waals surface area contributed by atoms with Crippen LogP contribution < -0.4 is 5.73 Å². The molecule has 1 saturated heterocycles. The number of nitrogens with zero attached hydrogens (tertiary/aromatic N) is 1. The van der Waals surface area contributed by atoms with Crippen LogP contribution >= 0.6 is 0 Å². The van der Waals surface area contributed by atoms with Crippen molar-refractivity contribution in [3.8, 4) is 0 Å². The summed E-state index contributed by atoms with van der Waals surface area (Å²) in [7, 11) is 0. The summed E-state index contributed by atoms with van der Waals surface area (Å²) in [5.41, 5.74) is 4.55. The number of aliphatic hydroxyl groups excluding tert-OH is 1. The van der Waals surface area contributed by atoms with Crippen molar-refractivity contribution in [2.45, 2.75) is 25.0 Å². The van der Waals surface area contributed by atoms with Crippen molar-refractivity contribution < 1.29 is 19.7 Å². The van der Waals surface area contributed by atoms with Crippen molar-refractivity contribution >= 4 is 5.97 Å². The van der Waals surface area contributed by atoms with Crippen LogP contribution in [-0.2, 0) is 9.53 Å². The summed E-state index contributed by atoms with van der Waals surface area (Å²) in [6.45, 7) is 3.99. The molecule has 1 fully saturated rings. The minimum absolute atomic E-state index is 0.275. The summed E-state index contributed by atoms with van der Waals surface area (Å²) in [4.78, 5) is 12.7. The number of carbonyl (C=O) groups is 1. The first-order valence-electron chi connectivity index (χ1n) is 5.48. The lowest BCUT2D eigenvalue weighted by atomic mass is 10.0. The van der Waals surface area contributed by atoms with E-state index < -0.39 is 17.6 Å². The smallest absolute Gasteiger partial charge is 0.325 e. The number of ether oxygens (including phenoxy) is 1. The van der Waals surface area contributed by atoms with E-state index in [0.717, 1.165) is 0 Å². The van der Waals surface area contributed by atoms with Crippen molar-refractivity contribution in [3.05, 3.63) is 0 Å². The Balaban J connectivity index is 2.33. The normalized spacial score (nSPS) is 28.2. The number of carboxylic acids is 1. The average molecular weight is 232 g/mol. The molecule has 0 amide bonds. The number of likely N-dealkylation sites (tertiary alicyclic amines) is 1. The minimum Gasteiger partial charge on any atom is -0.480 e.